The van der Waals surface area contributed by atoms with Gasteiger partial charge < -0.3 is 10.3 Å². The molecule has 3 nitrogen and oxygen atoms in total. The van der Waals surface area contributed by atoms with Crippen LogP contribution in [0.1, 0.15) is 10.4 Å². The second-order valence-corrected chi connectivity index (χ2v) is 5.30. The summed E-state index contributed by atoms with van der Waals surface area (Å²) >= 11 is 2.89. The maximum Gasteiger partial charge on any atom is 0.256 e. The molecule has 106 valence electrons. The molecular weight excluding hydrogens is 342 g/mol. The lowest BCUT2D eigenvalue weighted by Gasteiger charge is -2.08. The smallest absolute Gasteiger partial charge is 0.256 e. The van der Waals surface area contributed by atoms with Gasteiger partial charge in [-0.3, -0.25) is 4.79 Å². The summed E-state index contributed by atoms with van der Waals surface area (Å²) < 4.78 is 27.2. The van der Waals surface area contributed by atoms with E-state index >= 15 is 0 Å². The van der Waals surface area contributed by atoms with Gasteiger partial charge >= 0.3 is 0 Å². The summed E-state index contributed by atoms with van der Waals surface area (Å²) in [5.41, 5.74) is 0.981. The Hall–Kier alpha value is -2.21. The van der Waals surface area contributed by atoms with E-state index in [1.54, 1.807) is 24.4 Å². The van der Waals surface area contributed by atoms with Crippen molar-refractivity contribution in [3.63, 3.8) is 0 Å². The average Bonchev–Trinajstić information content (AvgIpc) is 2.92. The van der Waals surface area contributed by atoms with Gasteiger partial charge in [-0.25, -0.2) is 8.78 Å². The Kier molecular flexibility index (Phi) is 3.47. The van der Waals surface area contributed by atoms with E-state index in [0.717, 1.165) is 17.6 Å². The van der Waals surface area contributed by atoms with Gasteiger partial charge in [0.15, 0.2) is 0 Å². The normalized spacial score (nSPS) is 10.8. The first-order valence-electron chi connectivity index (χ1n) is 6.08. The molecule has 0 saturated carbocycles. The second-order valence-electron chi connectivity index (χ2n) is 4.44. The standard InChI is InChI=1S/C15H9BrF2N2O/c16-10-6-12(18)14(7-11(10)17)20-15(21)9-2-1-3-13-8(9)4-5-19-13/h1-7,19H,(H,20,21). The molecule has 2 aromatic carbocycles. The highest BCUT2D eigenvalue weighted by atomic mass is 79.9. The Morgan fingerprint density at radius 2 is 1.95 bits per heavy atom. The number of aromatic nitrogens is 1. The van der Waals surface area contributed by atoms with Crippen LogP contribution in [-0.4, -0.2) is 10.9 Å². The highest BCUT2D eigenvalue weighted by molar-refractivity contribution is 9.10. The van der Waals surface area contributed by atoms with Gasteiger partial charge in [0.1, 0.15) is 11.6 Å². The number of carbonyl (C=O) groups is 1. The van der Waals surface area contributed by atoms with E-state index in [0.29, 0.717) is 10.9 Å². The fourth-order valence-electron chi connectivity index (χ4n) is 2.09. The average molecular weight is 351 g/mol. The molecular formula is C15H9BrF2N2O. The van der Waals surface area contributed by atoms with Crippen molar-refractivity contribution in [1.29, 1.82) is 0 Å². The SMILES string of the molecule is O=C(Nc1cc(F)c(Br)cc1F)c1cccc2[nH]ccc12. The van der Waals surface area contributed by atoms with Crippen LogP contribution in [0.4, 0.5) is 14.5 Å². The van der Waals surface area contributed by atoms with Crippen LogP contribution in [0.5, 0.6) is 0 Å². The third-order valence-corrected chi connectivity index (χ3v) is 3.71. The Bertz CT molecular complexity index is 845. The number of fused-ring (bicyclic) bond motifs is 1. The molecule has 1 amide bonds. The van der Waals surface area contributed by atoms with Crippen molar-refractivity contribution in [2.45, 2.75) is 0 Å². The van der Waals surface area contributed by atoms with E-state index in [1.807, 2.05) is 6.07 Å². The monoisotopic (exact) mass is 350 g/mol. The zero-order valence-corrected chi connectivity index (χ0v) is 12.2. The molecule has 0 saturated heterocycles. The molecule has 1 heterocycles. The molecule has 0 unspecified atom stereocenters. The van der Waals surface area contributed by atoms with Gasteiger partial charge in [-0.15, -0.1) is 0 Å². The second kappa shape index (κ2) is 5.29. The van der Waals surface area contributed by atoms with Gasteiger partial charge in [0.25, 0.3) is 5.91 Å². The molecule has 2 N–H and O–H groups in total. The van der Waals surface area contributed by atoms with Crippen LogP contribution in [0.3, 0.4) is 0 Å². The third-order valence-electron chi connectivity index (χ3n) is 3.10. The molecule has 0 atom stereocenters. The molecule has 0 spiro atoms. The van der Waals surface area contributed by atoms with Crippen LogP contribution in [0, 0.1) is 11.6 Å². The lowest BCUT2D eigenvalue weighted by Crippen LogP contribution is -2.13. The summed E-state index contributed by atoms with van der Waals surface area (Å²) in [4.78, 5) is 15.2. The predicted octanol–water partition coefficient (Wildman–Crippen LogP) is 4.46. The van der Waals surface area contributed by atoms with Crippen molar-refractivity contribution in [3.8, 4) is 0 Å². The van der Waals surface area contributed by atoms with Gasteiger partial charge in [0.2, 0.25) is 0 Å². The fourth-order valence-corrected chi connectivity index (χ4v) is 2.41. The quantitative estimate of drug-likeness (QED) is 0.658. The number of carbonyl (C=O) groups excluding carboxylic acids is 1. The van der Waals surface area contributed by atoms with E-state index < -0.39 is 17.5 Å². The summed E-state index contributed by atoms with van der Waals surface area (Å²) in [7, 11) is 0. The Morgan fingerprint density at radius 1 is 1.14 bits per heavy atom. The highest BCUT2D eigenvalue weighted by Gasteiger charge is 2.14. The molecule has 0 aliphatic heterocycles. The number of rotatable bonds is 2. The summed E-state index contributed by atoms with van der Waals surface area (Å²) in [5.74, 6) is -1.86. The number of amides is 1. The zero-order chi connectivity index (χ0) is 15.0. The van der Waals surface area contributed by atoms with Crippen molar-refractivity contribution >= 4 is 38.4 Å². The molecule has 0 radical (unpaired) electrons. The maximum atomic E-state index is 13.7. The first-order valence-corrected chi connectivity index (χ1v) is 6.87. The van der Waals surface area contributed by atoms with Gasteiger partial charge in [-0.2, -0.15) is 0 Å². The number of aromatic amines is 1. The van der Waals surface area contributed by atoms with Gasteiger partial charge in [0, 0.05) is 28.7 Å². The van der Waals surface area contributed by atoms with Crippen LogP contribution < -0.4 is 5.32 Å². The van der Waals surface area contributed by atoms with Crippen LogP contribution >= 0.6 is 15.9 Å². The lowest BCUT2D eigenvalue weighted by atomic mass is 10.1. The van der Waals surface area contributed by atoms with Crippen molar-refractivity contribution < 1.29 is 13.6 Å². The number of H-pyrrole nitrogens is 1. The number of benzene rings is 2. The molecule has 1 aromatic heterocycles. The van der Waals surface area contributed by atoms with E-state index in [9.17, 15) is 13.6 Å². The molecule has 6 heteroatoms. The minimum Gasteiger partial charge on any atom is -0.361 e. The van der Waals surface area contributed by atoms with Crippen molar-refractivity contribution in [2.24, 2.45) is 0 Å². The highest BCUT2D eigenvalue weighted by Crippen LogP contribution is 2.25. The van der Waals surface area contributed by atoms with E-state index in [-0.39, 0.29) is 10.2 Å². The molecule has 0 fully saturated rings. The Morgan fingerprint density at radius 3 is 2.76 bits per heavy atom. The van der Waals surface area contributed by atoms with Crippen LogP contribution in [0.2, 0.25) is 0 Å². The van der Waals surface area contributed by atoms with Crippen LogP contribution in [0.15, 0.2) is 47.1 Å². The van der Waals surface area contributed by atoms with Crippen molar-refractivity contribution in [1.82, 2.24) is 4.98 Å². The third kappa shape index (κ3) is 2.54. The Balaban J connectivity index is 1.97. The Labute approximate surface area is 127 Å². The zero-order valence-electron chi connectivity index (χ0n) is 10.6. The topological polar surface area (TPSA) is 44.9 Å². The lowest BCUT2D eigenvalue weighted by molar-refractivity contribution is 0.102. The van der Waals surface area contributed by atoms with E-state index in [1.165, 1.54) is 0 Å². The van der Waals surface area contributed by atoms with Gasteiger partial charge in [-0.1, -0.05) is 6.07 Å². The molecule has 0 aliphatic carbocycles. The molecule has 3 aromatic rings. The predicted molar refractivity (Wildman–Crippen MR) is 80.3 cm³/mol. The van der Waals surface area contributed by atoms with E-state index in [2.05, 4.69) is 26.2 Å². The minimum atomic E-state index is -0.710. The van der Waals surface area contributed by atoms with Crippen molar-refractivity contribution in [3.05, 3.63) is 64.3 Å². The molecule has 0 bridgehead atoms. The summed E-state index contributed by atoms with van der Waals surface area (Å²) in [6.07, 6.45) is 1.71. The minimum absolute atomic E-state index is 0.00531. The number of hydrogen-bond acceptors (Lipinski definition) is 1. The first-order chi connectivity index (χ1) is 10.1. The number of hydrogen-bond donors (Lipinski definition) is 2. The molecule has 3 rings (SSSR count). The largest absolute Gasteiger partial charge is 0.361 e. The number of halogens is 3. The molecule has 0 aliphatic rings. The fraction of sp³-hybridized carbons (Fsp3) is 0. The first kappa shape index (κ1) is 13.8. The molecule has 21 heavy (non-hydrogen) atoms. The van der Waals surface area contributed by atoms with E-state index in [4.69, 9.17) is 0 Å². The van der Waals surface area contributed by atoms with Gasteiger partial charge in [0.05, 0.1) is 10.2 Å². The van der Waals surface area contributed by atoms with Crippen molar-refractivity contribution in [2.75, 3.05) is 5.32 Å². The summed E-state index contributed by atoms with van der Waals surface area (Å²) in [5, 5.41) is 3.10. The van der Waals surface area contributed by atoms with Gasteiger partial charge in [-0.05, 0) is 40.2 Å². The van der Waals surface area contributed by atoms with Crippen LogP contribution in [-0.2, 0) is 0 Å². The summed E-state index contributed by atoms with van der Waals surface area (Å²) in [6.45, 7) is 0. The van der Waals surface area contributed by atoms with Crippen LogP contribution in [0.25, 0.3) is 10.9 Å². The number of nitrogens with one attached hydrogen (secondary N) is 2. The maximum absolute atomic E-state index is 13.7. The number of anilines is 1. The summed E-state index contributed by atoms with van der Waals surface area (Å²) in [6, 6.07) is 8.83.